The Bertz CT molecular complexity index is 517. The molecular formula is C20H32O3. The van der Waals surface area contributed by atoms with Gasteiger partial charge in [-0.25, -0.2) is 0 Å². The summed E-state index contributed by atoms with van der Waals surface area (Å²) in [7, 11) is 0. The van der Waals surface area contributed by atoms with Crippen LogP contribution in [-0.2, 0) is 9.59 Å². The van der Waals surface area contributed by atoms with E-state index < -0.39 is 5.97 Å². The van der Waals surface area contributed by atoms with Crippen LogP contribution in [0.2, 0.25) is 0 Å². The van der Waals surface area contributed by atoms with Crippen LogP contribution in [0.1, 0.15) is 73.1 Å². The van der Waals surface area contributed by atoms with Gasteiger partial charge >= 0.3 is 5.97 Å². The molecule has 0 saturated heterocycles. The van der Waals surface area contributed by atoms with Crippen LogP contribution >= 0.6 is 0 Å². The first-order chi connectivity index (χ1) is 10.6. The lowest BCUT2D eigenvalue weighted by Gasteiger charge is -2.55. The molecule has 3 heteroatoms. The van der Waals surface area contributed by atoms with Gasteiger partial charge in [0.15, 0.2) is 5.78 Å². The number of ketones is 1. The first-order valence-corrected chi connectivity index (χ1v) is 9.02. The van der Waals surface area contributed by atoms with Crippen molar-refractivity contribution < 1.29 is 14.7 Å². The molecule has 2 aliphatic rings. The number of hydrogen-bond acceptors (Lipinski definition) is 2. The first kappa shape index (κ1) is 18.2. The summed E-state index contributed by atoms with van der Waals surface area (Å²) in [6, 6.07) is 0. The zero-order chi connectivity index (χ0) is 17.4. The van der Waals surface area contributed by atoms with Gasteiger partial charge in [0.25, 0.3) is 0 Å². The highest BCUT2D eigenvalue weighted by Crippen LogP contribution is 2.59. The number of carboxylic acids is 1. The molecule has 0 unspecified atom stereocenters. The lowest BCUT2D eigenvalue weighted by molar-refractivity contribution is -0.138. The van der Waals surface area contributed by atoms with Crippen molar-refractivity contribution in [3.63, 3.8) is 0 Å². The van der Waals surface area contributed by atoms with Gasteiger partial charge < -0.3 is 5.11 Å². The van der Waals surface area contributed by atoms with Gasteiger partial charge in [-0.05, 0) is 61.3 Å². The van der Waals surface area contributed by atoms with Crippen LogP contribution in [0, 0.1) is 28.6 Å². The van der Waals surface area contributed by atoms with Crippen LogP contribution in [0.15, 0.2) is 11.6 Å². The molecule has 0 heterocycles. The lowest BCUT2D eigenvalue weighted by Crippen LogP contribution is -2.52. The minimum atomic E-state index is -0.716. The largest absolute Gasteiger partial charge is 0.481 e. The molecule has 2 rings (SSSR count). The molecule has 3 nitrogen and oxygen atoms in total. The Morgan fingerprint density at radius 2 is 2.00 bits per heavy atom. The fraction of sp³-hybridized carbons (Fsp3) is 0.800. The van der Waals surface area contributed by atoms with Crippen LogP contribution in [0.25, 0.3) is 0 Å². The molecule has 23 heavy (non-hydrogen) atoms. The minimum absolute atomic E-state index is 0.0284. The summed E-state index contributed by atoms with van der Waals surface area (Å²) in [5.41, 5.74) is 1.29. The molecule has 130 valence electrons. The van der Waals surface area contributed by atoms with E-state index in [-0.39, 0.29) is 29.1 Å². The number of carbonyl (C=O) groups excluding carboxylic acids is 1. The number of rotatable bonds is 5. The average molecular weight is 320 g/mol. The fourth-order valence-corrected chi connectivity index (χ4v) is 5.53. The van der Waals surface area contributed by atoms with E-state index in [0.717, 1.165) is 25.7 Å². The molecule has 0 aromatic rings. The summed E-state index contributed by atoms with van der Waals surface area (Å²) >= 11 is 0. The molecular weight excluding hydrogens is 288 g/mol. The summed E-state index contributed by atoms with van der Waals surface area (Å²) in [5.74, 6) is 0.292. The third-order valence-corrected chi connectivity index (χ3v) is 6.45. The van der Waals surface area contributed by atoms with Crippen molar-refractivity contribution in [3.05, 3.63) is 11.6 Å². The Morgan fingerprint density at radius 3 is 2.61 bits per heavy atom. The van der Waals surface area contributed by atoms with E-state index in [1.807, 2.05) is 13.0 Å². The van der Waals surface area contributed by atoms with Crippen LogP contribution in [0.5, 0.6) is 0 Å². The van der Waals surface area contributed by atoms with E-state index in [4.69, 9.17) is 5.11 Å². The third kappa shape index (κ3) is 3.54. The smallest absolute Gasteiger partial charge is 0.303 e. The second-order valence-electron chi connectivity index (χ2n) is 8.90. The normalized spacial score (nSPS) is 34.5. The molecule has 0 bridgehead atoms. The summed E-state index contributed by atoms with van der Waals surface area (Å²) in [4.78, 5) is 23.6. The molecule has 1 N–H and O–H groups in total. The zero-order valence-corrected chi connectivity index (χ0v) is 15.3. The van der Waals surface area contributed by atoms with Crippen LogP contribution in [0.4, 0.5) is 0 Å². The van der Waals surface area contributed by atoms with Crippen molar-refractivity contribution in [2.75, 3.05) is 0 Å². The molecule has 2 aliphatic carbocycles. The average Bonchev–Trinajstić information content (AvgIpc) is 2.34. The number of fused-ring (bicyclic) bond motifs is 1. The summed E-state index contributed by atoms with van der Waals surface area (Å²) < 4.78 is 0. The van der Waals surface area contributed by atoms with Gasteiger partial charge in [-0.2, -0.15) is 0 Å². The third-order valence-electron chi connectivity index (χ3n) is 6.45. The summed E-state index contributed by atoms with van der Waals surface area (Å²) in [5, 5.41) is 8.96. The second-order valence-corrected chi connectivity index (χ2v) is 8.90. The van der Waals surface area contributed by atoms with Crippen LogP contribution in [-0.4, -0.2) is 16.9 Å². The zero-order valence-electron chi connectivity index (χ0n) is 15.3. The topological polar surface area (TPSA) is 54.4 Å². The molecule has 0 amide bonds. The van der Waals surface area contributed by atoms with Gasteiger partial charge in [0.1, 0.15) is 0 Å². The van der Waals surface area contributed by atoms with Crippen molar-refractivity contribution in [1.82, 2.24) is 0 Å². The number of carboxylic acid groups (broad SMARTS) is 1. The monoisotopic (exact) mass is 320 g/mol. The van der Waals surface area contributed by atoms with Gasteiger partial charge in [0.05, 0.1) is 0 Å². The Hall–Kier alpha value is -1.12. The van der Waals surface area contributed by atoms with Crippen molar-refractivity contribution in [2.24, 2.45) is 28.6 Å². The maximum absolute atomic E-state index is 12.7. The van der Waals surface area contributed by atoms with E-state index in [1.165, 1.54) is 12.0 Å². The van der Waals surface area contributed by atoms with Gasteiger partial charge in [0, 0.05) is 12.3 Å². The number of hydrogen-bond donors (Lipinski definition) is 1. The Morgan fingerprint density at radius 1 is 1.35 bits per heavy atom. The molecule has 1 fully saturated rings. The SMILES string of the molecule is CC1=CC(=O)[C@H]2C(C)(C)CCC[C@]2(C)[C@H]1CC[C@H](C)CC(=O)O. The predicted octanol–water partition coefficient (Wildman–Crippen LogP) is 4.86. The van der Waals surface area contributed by atoms with Gasteiger partial charge in [-0.15, -0.1) is 0 Å². The maximum Gasteiger partial charge on any atom is 0.303 e. The summed E-state index contributed by atoms with van der Waals surface area (Å²) in [6.07, 6.45) is 7.43. The molecule has 1 saturated carbocycles. The van der Waals surface area contributed by atoms with Crippen molar-refractivity contribution in [3.8, 4) is 0 Å². The standard InChI is InChI=1S/C20H32O3/c1-13(11-17(22)23)7-8-15-14(2)12-16(21)18-19(3,4)9-6-10-20(15,18)5/h12-13,15,18H,6-11H2,1-5H3,(H,22,23)/t13-,15-,18-,20+/m0/s1. The summed E-state index contributed by atoms with van der Waals surface area (Å²) in [6.45, 7) is 10.9. The fourth-order valence-electron chi connectivity index (χ4n) is 5.53. The Labute approximate surface area is 140 Å². The molecule has 0 aliphatic heterocycles. The quantitative estimate of drug-likeness (QED) is 0.787. The van der Waals surface area contributed by atoms with E-state index in [2.05, 4.69) is 27.7 Å². The molecule has 0 spiro atoms. The van der Waals surface area contributed by atoms with Gasteiger partial charge in [-0.1, -0.05) is 39.7 Å². The van der Waals surface area contributed by atoms with Crippen molar-refractivity contribution >= 4 is 11.8 Å². The number of allylic oxidation sites excluding steroid dienone is 2. The highest BCUT2D eigenvalue weighted by Gasteiger charge is 2.55. The molecule has 0 radical (unpaired) electrons. The first-order valence-electron chi connectivity index (χ1n) is 9.02. The van der Waals surface area contributed by atoms with E-state index in [0.29, 0.717) is 11.7 Å². The molecule has 4 atom stereocenters. The predicted molar refractivity (Wildman–Crippen MR) is 92.1 cm³/mol. The number of aliphatic carboxylic acids is 1. The minimum Gasteiger partial charge on any atom is -0.481 e. The highest BCUT2D eigenvalue weighted by molar-refractivity contribution is 5.94. The second kappa shape index (κ2) is 6.41. The van der Waals surface area contributed by atoms with E-state index >= 15 is 0 Å². The Kier molecular flexibility index (Phi) is 5.08. The Balaban J connectivity index is 2.22. The molecule has 0 aromatic heterocycles. The highest BCUT2D eigenvalue weighted by atomic mass is 16.4. The van der Waals surface area contributed by atoms with Crippen LogP contribution < -0.4 is 0 Å². The lowest BCUT2D eigenvalue weighted by atomic mass is 9.48. The molecule has 0 aromatic carbocycles. The van der Waals surface area contributed by atoms with Gasteiger partial charge in [-0.3, -0.25) is 9.59 Å². The maximum atomic E-state index is 12.7. The van der Waals surface area contributed by atoms with Gasteiger partial charge in [0.2, 0.25) is 0 Å². The number of carbonyl (C=O) groups is 2. The van der Waals surface area contributed by atoms with Crippen molar-refractivity contribution in [2.45, 2.75) is 73.1 Å². The van der Waals surface area contributed by atoms with Crippen LogP contribution in [0.3, 0.4) is 0 Å². The van der Waals surface area contributed by atoms with E-state index in [1.54, 1.807) is 0 Å². The van der Waals surface area contributed by atoms with E-state index in [9.17, 15) is 9.59 Å². The van der Waals surface area contributed by atoms with Crippen molar-refractivity contribution in [1.29, 1.82) is 0 Å².